The zero-order valence-corrected chi connectivity index (χ0v) is 18.2. The Labute approximate surface area is 181 Å². The van der Waals surface area contributed by atoms with Gasteiger partial charge in [0.15, 0.2) is 0 Å². The molecule has 0 spiro atoms. The van der Waals surface area contributed by atoms with Gasteiger partial charge in [-0.05, 0) is 0 Å². The van der Waals surface area contributed by atoms with Crippen molar-refractivity contribution in [1.29, 1.82) is 0 Å². The molecule has 1 saturated heterocycles. The molecule has 0 N–H and O–H groups in total. The number of halogens is 1. The second-order valence-electron chi connectivity index (χ2n) is 6.69. The van der Waals surface area contributed by atoms with Crippen LogP contribution in [0.3, 0.4) is 0 Å². The number of rotatable bonds is 6. The third-order valence-electron chi connectivity index (χ3n) is 4.70. The molecule has 148 valence electrons. The molecule has 5 nitrogen and oxygen atoms in total. The summed E-state index contributed by atoms with van der Waals surface area (Å²) in [6.07, 6.45) is 0. The fourth-order valence-corrected chi connectivity index (χ4v) is 3.98. The van der Waals surface area contributed by atoms with Gasteiger partial charge in [0.2, 0.25) is 0 Å². The van der Waals surface area contributed by atoms with E-state index in [0.29, 0.717) is 17.8 Å². The van der Waals surface area contributed by atoms with E-state index in [1.807, 2.05) is 72.8 Å². The molecule has 1 atom stereocenters. The molecule has 0 aromatic heterocycles. The minimum atomic E-state index is -0.0829. The average Bonchev–Trinajstić information content (AvgIpc) is 3.61. The number of nitrogens with zero attached hydrogens (tertiary/aromatic N) is 3. The first-order chi connectivity index (χ1) is 14.1. The first-order valence-electron chi connectivity index (χ1n) is 9.28. The van der Waals surface area contributed by atoms with Crippen LogP contribution in [0.25, 0.3) is 0 Å². The molecule has 0 radical (unpaired) electrons. The van der Waals surface area contributed by atoms with Gasteiger partial charge in [-0.15, -0.1) is 0 Å². The van der Waals surface area contributed by atoms with Crippen LogP contribution >= 0.6 is 0 Å². The van der Waals surface area contributed by atoms with Crippen LogP contribution in [0.1, 0.15) is 20.7 Å². The molecule has 0 saturated carbocycles. The Hall–Kier alpha value is -2.71. The van der Waals surface area contributed by atoms with Gasteiger partial charge in [0.05, 0.1) is 0 Å². The van der Waals surface area contributed by atoms with Crippen LogP contribution in [0.15, 0.2) is 84.9 Å². The summed E-state index contributed by atoms with van der Waals surface area (Å²) in [5.41, 5.74) is 2.83. The van der Waals surface area contributed by atoms with Crippen molar-refractivity contribution < 1.29 is 31.1 Å². The zero-order chi connectivity index (χ0) is 20.2. The molecule has 4 rings (SSSR count). The van der Waals surface area contributed by atoms with Crippen molar-refractivity contribution in [2.75, 3.05) is 28.1 Å². The van der Waals surface area contributed by atoms with E-state index >= 15 is 0 Å². The molecule has 2 amide bonds. The topological polar surface area (TPSA) is 43.6 Å². The van der Waals surface area contributed by atoms with Crippen LogP contribution in [0.2, 0.25) is 0 Å². The van der Waals surface area contributed by atoms with E-state index in [4.69, 9.17) is 0 Å². The number of amides is 2. The summed E-state index contributed by atoms with van der Waals surface area (Å²) in [5.74, 6) is -0.115. The fourth-order valence-electron chi connectivity index (χ4n) is 3.03. The molecule has 3 aromatic carbocycles. The molecule has 6 heteroatoms. The Kier molecular flexibility index (Phi) is 5.92. The molecule has 1 aliphatic rings. The van der Waals surface area contributed by atoms with E-state index in [1.54, 1.807) is 29.0 Å². The Morgan fingerprint density at radius 2 is 1.38 bits per heavy atom. The van der Waals surface area contributed by atoms with Gasteiger partial charge in [-0.1, -0.05) is 0 Å². The van der Waals surface area contributed by atoms with Crippen LogP contribution in [-0.4, -0.2) is 33.2 Å². The molecular weight excluding hydrogens is 477 g/mol. The van der Waals surface area contributed by atoms with E-state index < -0.39 is 0 Å². The molecule has 3 aromatic rings. The summed E-state index contributed by atoms with van der Waals surface area (Å²) >= 11 is 0.0658. The van der Waals surface area contributed by atoms with Gasteiger partial charge in [0.25, 0.3) is 0 Å². The van der Waals surface area contributed by atoms with Crippen LogP contribution in [0, 0.1) is 0 Å². The molecule has 1 fully saturated rings. The molecular formula is C23H21IN3O2-. The third-order valence-corrected chi connectivity index (χ3v) is 6.66. The SMILES string of the molecule is CN(C(=O)c1ccccc1)c1cccc(N(CN2C[I-]2)C(=O)c2ccccc2)c1. The van der Waals surface area contributed by atoms with Gasteiger partial charge in [-0.25, -0.2) is 0 Å². The number of hydrogen-bond acceptors (Lipinski definition) is 3. The first-order valence-corrected chi connectivity index (χ1v) is 11.8. The summed E-state index contributed by atoms with van der Waals surface area (Å²) < 4.78 is 3.40. The third kappa shape index (κ3) is 4.65. The van der Waals surface area contributed by atoms with E-state index in [-0.39, 0.29) is 33.3 Å². The van der Waals surface area contributed by atoms with Gasteiger partial charge in [0.1, 0.15) is 0 Å². The molecule has 1 heterocycles. The van der Waals surface area contributed by atoms with Gasteiger partial charge >= 0.3 is 181 Å². The van der Waals surface area contributed by atoms with Crippen LogP contribution < -0.4 is 31.3 Å². The maximum absolute atomic E-state index is 13.2. The Morgan fingerprint density at radius 3 is 1.97 bits per heavy atom. The van der Waals surface area contributed by atoms with Crippen molar-refractivity contribution in [3.05, 3.63) is 96.1 Å². The van der Waals surface area contributed by atoms with E-state index in [9.17, 15) is 9.59 Å². The molecule has 1 unspecified atom stereocenters. The van der Waals surface area contributed by atoms with Crippen LogP contribution in [-0.2, 0) is 0 Å². The van der Waals surface area contributed by atoms with Crippen molar-refractivity contribution in [1.82, 2.24) is 3.11 Å². The molecule has 0 bridgehead atoms. The van der Waals surface area contributed by atoms with Gasteiger partial charge in [-0.3, -0.25) is 0 Å². The quantitative estimate of drug-likeness (QED) is 0.167. The number of benzene rings is 3. The summed E-state index contributed by atoms with van der Waals surface area (Å²) in [5, 5.41) is 0. The van der Waals surface area contributed by atoms with Crippen molar-refractivity contribution >= 4 is 23.2 Å². The Morgan fingerprint density at radius 1 is 0.828 bits per heavy atom. The average molecular weight is 498 g/mol. The normalized spacial score (nSPS) is 15.1. The molecule has 0 aliphatic carbocycles. The standard InChI is InChI=1S/C23H21IN3O2/c1-25(22(28)18-9-4-2-5-10-18)20-13-8-14-21(15-20)27(17-26-16-24-26)23(29)19-11-6-3-7-12-19/h2-15H,16-17H2,1H3/q-1. The second kappa shape index (κ2) is 8.75. The minimum absolute atomic E-state index is 0.0318. The van der Waals surface area contributed by atoms with Gasteiger partial charge < -0.3 is 0 Å². The monoisotopic (exact) mass is 498 g/mol. The first kappa shape index (κ1) is 19.6. The number of anilines is 2. The number of alkyl halides is 1. The van der Waals surface area contributed by atoms with Crippen molar-refractivity contribution in [3.8, 4) is 0 Å². The Bertz CT molecular complexity index is 1010. The zero-order valence-electron chi connectivity index (χ0n) is 16.0. The molecule has 29 heavy (non-hydrogen) atoms. The van der Waals surface area contributed by atoms with Crippen molar-refractivity contribution in [2.24, 2.45) is 0 Å². The predicted molar refractivity (Wildman–Crippen MR) is 110 cm³/mol. The second-order valence-corrected chi connectivity index (χ2v) is 9.42. The van der Waals surface area contributed by atoms with E-state index in [1.165, 1.54) is 0 Å². The van der Waals surface area contributed by atoms with Crippen molar-refractivity contribution in [3.63, 3.8) is 0 Å². The summed E-state index contributed by atoms with van der Waals surface area (Å²) in [6.45, 7) is 0.584. The fraction of sp³-hybridized carbons (Fsp3) is 0.130. The van der Waals surface area contributed by atoms with E-state index in [0.717, 1.165) is 15.9 Å². The van der Waals surface area contributed by atoms with Crippen LogP contribution in [0.5, 0.6) is 0 Å². The summed E-state index contributed by atoms with van der Waals surface area (Å²) in [6, 6.07) is 26.1. The van der Waals surface area contributed by atoms with Crippen LogP contribution in [0.4, 0.5) is 11.4 Å². The predicted octanol–water partition coefficient (Wildman–Crippen LogP) is 0.845. The summed E-state index contributed by atoms with van der Waals surface area (Å²) in [4.78, 5) is 29.4. The molecule has 1 aliphatic heterocycles. The maximum atomic E-state index is 13.2. The summed E-state index contributed by atoms with van der Waals surface area (Å²) in [7, 11) is 1.76. The van der Waals surface area contributed by atoms with Crippen molar-refractivity contribution in [2.45, 2.75) is 0 Å². The van der Waals surface area contributed by atoms with Gasteiger partial charge in [-0.2, -0.15) is 0 Å². The number of carbonyl (C=O) groups excluding carboxylic acids is 2. The number of hydrogen-bond donors (Lipinski definition) is 0. The Balaban J connectivity index is 1.62. The van der Waals surface area contributed by atoms with E-state index in [2.05, 4.69) is 3.11 Å². The van der Waals surface area contributed by atoms with Gasteiger partial charge in [0, 0.05) is 0 Å². The number of carbonyl (C=O) groups is 2.